The molecule has 1 amide bonds. The summed E-state index contributed by atoms with van der Waals surface area (Å²) in [6.07, 6.45) is 6.66. The van der Waals surface area contributed by atoms with Crippen molar-refractivity contribution in [3.8, 4) is 28.1 Å². The Morgan fingerprint density at radius 1 is 1.06 bits per heavy atom. The van der Waals surface area contributed by atoms with Gasteiger partial charge in [-0.05, 0) is 30.7 Å². The first-order valence-electron chi connectivity index (χ1n) is 10.4. The van der Waals surface area contributed by atoms with Gasteiger partial charge in [0.25, 0.3) is 5.91 Å². The van der Waals surface area contributed by atoms with E-state index in [2.05, 4.69) is 32.4 Å². The topological polar surface area (TPSA) is 92.8 Å². The second-order valence-electron chi connectivity index (χ2n) is 7.29. The molecule has 0 unspecified atom stereocenters. The van der Waals surface area contributed by atoms with E-state index >= 15 is 0 Å². The molecule has 0 saturated carbocycles. The van der Waals surface area contributed by atoms with Crippen molar-refractivity contribution >= 4 is 16.9 Å². The number of carbonyl (C=O) groups is 1. The Bertz CT molecular complexity index is 1180. The third-order valence-corrected chi connectivity index (χ3v) is 5.18. The number of rotatable bonds is 8. The number of benzene rings is 1. The van der Waals surface area contributed by atoms with Crippen molar-refractivity contribution in [2.75, 3.05) is 13.7 Å². The molecule has 0 aliphatic carbocycles. The maximum Gasteiger partial charge on any atom is 0.269 e. The number of pyridine rings is 2. The molecule has 158 valence electrons. The van der Waals surface area contributed by atoms with E-state index in [1.165, 1.54) is 0 Å². The van der Waals surface area contributed by atoms with Crippen LogP contribution in [-0.4, -0.2) is 39.7 Å². The highest BCUT2D eigenvalue weighted by Gasteiger charge is 2.14. The van der Waals surface area contributed by atoms with Crippen LogP contribution in [0.5, 0.6) is 5.75 Å². The predicted molar refractivity (Wildman–Crippen MR) is 121 cm³/mol. The maximum atomic E-state index is 12.2. The molecule has 1 aromatic carbocycles. The van der Waals surface area contributed by atoms with Crippen molar-refractivity contribution in [2.24, 2.45) is 0 Å². The molecule has 0 spiro atoms. The molecule has 0 radical (unpaired) electrons. The van der Waals surface area contributed by atoms with Crippen molar-refractivity contribution < 1.29 is 9.53 Å². The maximum absolute atomic E-state index is 12.2. The van der Waals surface area contributed by atoms with Crippen LogP contribution in [0.2, 0.25) is 0 Å². The molecule has 0 atom stereocenters. The minimum Gasteiger partial charge on any atom is -0.496 e. The van der Waals surface area contributed by atoms with Crippen LogP contribution >= 0.6 is 0 Å². The van der Waals surface area contributed by atoms with Gasteiger partial charge in [-0.25, -0.2) is 4.98 Å². The first-order chi connectivity index (χ1) is 15.2. The summed E-state index contributed by atoms with van der Waals surface area (Å²) in [4.78, 5) is 21.1. The summed E-state index contributed by atoms with van der Waals surface area (Å²) in [6, 6.07) is 13.4. The van der Waals surface area contributed by atoms with Crippen LogP contribution in [0.1, 0.15) is 36.7 Å². The monoisotopic (exact) mass is 415 g/mol. The van der Waals surface area contributed by atoms with Gasteiger partial charge in [-0.1, -0.05) is 38.0 Å². The number of ether oxygens (including phenoxy) is 1. The van der Waals surface area contributed by atoms with Gasteiger partial charge < -0.3 is 10.1 Å². The van der Waals surface area contributed by atoms with Gasteiger partial charge in [-0.2, -0.15) is 5.10 Å². The molecule has 3 heterocycles. The number of nitrogens with zero attached hydrogens (tertiary/aromatic N) is 3. The van der Waals surface area contributed by atoms with E-state index in [1.54, 1.807) is 25.6 Å². The Hall–Kier alpha value is -3.74. The third kappa shape index (κ3) is 4.40. The highest BCUT2D eigenvalue weighted by Crippen LogP contribution is 2.34. The normalized spacial score (nSPS) is 10.9. The first-order valence-corrected chi connectivity index (χ1v) is 10.4. The average Bonchev–Trinajstić information content (AvgIpc) is 3.25. The number of fused-ring (bicyclic) bond motifs is 1. The Morgan fingerprint density at radius 3 is 2.68 bits per heavy atom. The van der Waals surface area contributed by atoms with E-state index in [4.69, 9.17) is 4.74 Å². The van der Waals surface area contributed by atoms with Crippen LogP contribution in [0, 0.1) is 0 Å². The van der Waals surface area contributed by atoms with Crippen LogP contribution in [0.25, 0.3) is 33.4 Å². The predicted octanol–water partition coefficient (Wildman–Crippen LogP) is 4.62. The van der Waals surface area contributed by atoms with Gasteiger partial charge >= 0.3 is 0 Å². The number of unbranched alkanes of at least 4 members (excludes halogenated alkanes) is 2. The summed E-state index contributed by atoms with van der Waals surface area (Å²) >= 11 is 0. The largest absolute Gasteiger partial charge is 0.496 e. The molecule has 7 heteroatoms. The molecule has 4 aromatic rings. The van der Waals surface area contributed by atoms with Gasteiger partial charge in [-0.3, -0.25) is 14.9 Å². The van der Waals surface area contributed by atoms with E-state index < -0.39 is 0 Å². The minimum atomic E-state index is -0.149. The lowest BCUT2D eigenvalue weighted by Crippen LogP contribution is -2.25. The highest BCUT2D eigenvalue weighted by molar-refractivity contribution is 5.95. The number of methoxy groups -OCH3 is 1. The van der Waals surface area contributed by atoms with Gasteiger partial charge in [0.1, 0.15) is 11.4 Å². The lowest BCUT2D eigenvalue weighted by molar-refractivity contribution is 0.0948. The molecule has 4 rings (SSSR count). The summed E-state index contributed by atoms with van der Waals surface area (Å²) in [5, 5.41) is 11.2. The van der Waals surface area contributed by atoms with Crippen molar-refractivity contribution in [1.29, 1.82) is 0 Å². The Kier molecular flexibility index (Phi) is 6.21. The standard InChI is InChI=1S/C24H25N5O2/c1-3-4-7-12-25-24(30)20-11-10-16(14-26-20)17-13-19-22(28-29-23(19)27-15-17)18-8-5-6-9-21(18)31-2/h5-6,8-11,13-15H,3-4,7,12H2,1-2H3,(H,25,30)(H,27,28,29). The average molecular weight is 415 g/mol. The molecule has 31 heavy (non-hydrogen) atoms. The number of aromatic nitrogens is 4. The number of hydrogen-bond donors (Lipinski definition) is 2. The molecule has 0 fully saturated rings. The first kappa shape index (κ1) is 20.5. The number of para-hydroxylation sites is 1. The van der Waals surface area contributed by atoms with Crippen molar-refractivity contribution in [1.82, 2.24) is 25.5 Å². The number of hydrogen-bond acceptors (Lipinski definition) is 5. The molecule has 0 bridgehead atoms. The van der Waals surface area contributed by atoms with Crippen molar-refractivity contribution in [2.45, 2.75) is 26.2 Å². The molecular formula is C24H25N5O2. The number of amides is 1. The Labute approximate surface area is 180 Å². The van der Waals surface area contributed by atoms with Crippen LogP contribution in [0.4, 0.5) is 0 Å². The zero-order valence-electron chi connectivity index (χ0n) is 17.7. The van der Waals surface area contributed by atoms with E-state index in [0.29, 0.717) is 17.9 Å². The second-order valence-corrected chi connectivity index (χ2v) is 7.29. The molecule has 3 aromatic heterocycles. The fourth-order valence-corrected chi connectivity index (χ4v) is 3.48. The zero-order valence-corrected chi connectivity index (χ0v) is 17.7. The summed E-state index contributed by atoms with van der Waals surface area (Å²) in [7, 11) is 1.65. The minimum absolute atomic E-state index is 0.149. The van der Waals surface area contributed by atoms with Crippen LogP contribution in [-0.2, 0) is 0 Å². The van der Waals surface area contributed by atoms with Crippen molar-refractivity contribution in [3.63, 3.8) is 0 Å². The molecular weight excluding hydrogens is 390 g/mol. The number of carbonyl (C=O) groups excluding carboxylic acids is 1. The second kappa shape index (κ2) is 9.38. The summed E-state index contributed by atoms with van der Waals surface area (Å²) in [5.74, 6) is 0.610. The molecule has 7 nitrogen and oxygen atoms in total. The summed E-state index contributed by atoms with van der Waals surface area (Å²) < 4.78 is 5.49. The van der Waals surface area contributed by atoms with Crippen LogP contribution in [0.15, 0.2) is 54.9 Å². The van der Waals surface area contributed by atoms with Gasteiger partial charge in [0.15, 0.2) is 5.65 Å². The third-order valence-electron chi connectivity index (χ3n) is 5.18. The lowest BCUT2D eigenvalue weighted by Gasteiger charge is -2.07. The molecule has 2 N–H and O–H groups in total. The van der Waals surface area contributed by atoms with Crippen LogP contribution < -0.4 is 10.1 Å². The smallest absolute Gasteiger partial charge is 0.269 e. The van der Waals surface area contributed by atoms with E-state index in [1.807, 2.05) is 36.4 Å². The Balaban J connectivity index is 1.59. The quantitative estimate of drug-likeness (QED) is 0.410. The van der Waals surface area contributed by atoms with E-state index in [9.17, 15) is 4.79 Å². The number of H-pyrrole nitrogens is 1. The number of nitrogens with one attached hydrogen (secondary N) is 2. The van der Waals surface area contributed by atoms with Gasteiger partial charge in [0.2, 0.25) is 0 Å². The van der Waals surface area contributed by atoms with Crippen LogP contribution in [0.3, 0.4) is 0 Å². The van der Waals surface area contributed by atoms with Gasteiger partial charge in [0.05, 0.1) is 12.8 Å². The van der Waals surface area contributed by atoms with Gasteiger partial charge in [-0.15, -0.1) is 0 Å². The fourth-order valence-electron chi connectivity index (χ4n) is 3.48. The van der Waals surface area contributed by atoms with Crippen molar-refractivity contribution in [3.05, 3.63) is 60.6 Å². The highest BCUT2D eigenvalue weighted by atomic mass is 16.5. The lowest BCUT2D eigenvalue weighted by atomic mass is 10.0. The zero-order chi connectivity index (χ0) is 21.6. The fraction of sp³-hybridized carbons (Fsp3) is 0.250. The summed E-state index contributed by atoms with van der Waals surface area (Å²) in [6.45, 7) is 2.81. The summed E-state index contributed by atoms with van der Waals surface area (Å²) in [5.41, 5.74) is 4.57. The van der Waals surface area contributed by atoms with Gasteiger partial charge in [0, 0.05) is 41.0 Å². The molecule has 0 aliphatic rings. The Morgan fingerprint density at radius 2 is 1.90 bits per heavy atom. The molecule has 0 saturated heterocycles. The van der Waals surface area contributed by atoms with E-state index in [0.717, 1.165) is 52.8 Å². The molecule has 0 aliphatic heterocycles. The number of aromatic amines is 1. The van der Waals surface area contributed by atoms with E-state index in [-0.39, 0.29) is 5.91 Å². The SMILES string of the molecule is CCCCCNC(=O)c1ccc(-c2cnc3n[nH]c(-c4ccccc4OC)c3c2)cn1.